The lowest BCUT2D eigenvalue weighted by molar-refractivity contribution is 0.192. The fraction of sp³-hybridized carbons (Fsp3) is 0.818. The van der Waals surface area contributed by atoms with Crippen molar-refractivity contribution >= 4 is 0 Å². The maximum absolute atomic E-state index is 5.61. The van der Waals surface area contributed by atoms with E-state index in [9.17, 15) is 0 Å². The first-order valence-corrected chi connectivity index (χ1v) is 5.60. The molecule has 3 atom stereocenters. The second-order valence-corrected chi connectivity index (χ2v) is 4.57. The van der Waals surface area contributed by atoms with E-state index < -0.39 is 0 Å². The molecule has 0 spiro atoms. The third-order valence-corrected chi connectivity index (χ3v) is 3.42. The number of nitrogens with two attached hydrogens (primary N) is 1. The molecule has 0 amide bonds. The average molecular weight is 196 g/mol. The van der Waals surface area contributed by atoms with E-state index in [0.717, 1.165) is 24.7 Å². The standard InChI is InChI=1S/C11H20N2O/c1-8-4-5-9(7-8)11(13-12)10-3-2-6-14-10/h3,8-9,11,13H,2,4-7,12H2,1H3. The van der Waals surface area contributed by atoms with Crippen LogP contribution in [0.1, 0.15) is 32.6 Å². The topological polar surface area (TPSA) is 47.3 Å². The van der Waals surface area contributed by atoms with Crippen LogP contribution in [0, 0.1) is 11.8 Å². The summed E-state index contributed by atoms with van der Waals surface area (Å²) in [5.41, 5.74) is 2.91. The molecule has 3 N–H and O–H groups in total. The molecule has 0 bridgehead atoms. The summed E-state index contributed by atoms with van der Waals surface area (Å²) >= 11 is 0. The highest BCUT2D eigenvalue weighted by Crippen LogP contribution is 2.35. The first-order chi connectivity index (χ1) is 6.81. The van der Waals surface area contributed by atoms with Gasteiger partial charge in [-0.15, -0.1) is 0 Å². The second-order valence-electron chi connectivity index (χ2n) is 4.57. The van der Waals surface area contributed by atoms with Gasteiger partial charge in [0.2, 0.25) is 0 Å². The lowest BCUT2D eigenvalue weighted by Gasteiger charge is -2.23. The van der Waals surface area contributed by atoms with E-state index in [1.807, 2.05) is 0 Å². The van der Waals surface area contributed by atoms with Gasteiger partial charge < -0.3 is 4.74 Å². The summed E-state index contributed by atoms with van der Waals surface area (Å²) in [6.07, 6.45) is 7.09. The molecule has 1 fully saturated rings. The van der Waals surface area contributed by atoms with Crippen molar-refractivity contribution in [2.45, 2.75) is 38.6 Å². The molecule has 3 nitrogen and oxygen atoms in total. The van der Waals surface area contributed by atoms with Gasteiger partial charge in [-0.3, -0.25) is 5.84 Å². The molecule has 3 unspecified atom stereocenters. The van der Waals surface area contributed by atoms with Gasteiger partial charge in [0.1, 0.15) is 5.76 Å². The highest BCUT2D eigenvalue weighted by atomic mass is 16.5. The van der Waals surface area contributed by atoms with Gasteiger partial charge in [-0.05, 0) is 30.8 Å². The number of hydrazine groups is 1. The van der Waals surface area contributed by atoms with Gasteiger partial charge in [0.25, 0.3) is 0 Å². The van der Waals surface area contributed by atoms with Crippen molar-refractivity contribution in [1.82, 2.24) is 5.43 Å². The monoisotopic (exact) mass is 196 g/mol. The van der Waals surface area contributed by atoms with Crippen LogP contribution in [0.15, 0.2) is 11.8 Å². The van der Waals surface area contributed by atoms with Gasteiger partial charge in [-0.25, -0.2) is 5.43 Å². The van der Waals surface area contributed by atoms with E-state index in [4.69, 9.17) is 10.6 Å². The zero-order valence-corrected chi connectivity index (χ0v) is 8.83. The van der Waals surface area contributed by atoms with E-state index in [1.165, 1.54) is 19.3 Å². The van der Waals surface area contributed by atoms with Gasteiger partial charge in [0, 0.05) is 6.42 Å². The largest absolute Gasteiger partial charge is 0.496 e. The maximum Gasteiger partial charge on any atom is 0.111 e. The van der Waals surface area contributed by atoms with Crippen LogP contribution >= 0.6 is 0 Å². The number of rotatable bonds is 3. The van der Waals surface area contributed by atoms with Crippen molar-refractivity contribution in [2.75, 3.05) is 6.61 Å². The Bertz CT molecular complexity index is 227. The van der Waals surface area contributed by atoms with Crippen LogP contribution in [0.25, 0.3) is 0 Å². The maximum atomic E-state index is 5.61. The van der Waals surface area contributed by atoms with Crippen LogP contribution < -0.4 is 11.3 Å². The minimum Gasteiger partial charge on any atom is -0.496 e. The van der Waals surface area contributed by atoms with Crippen molar-refractivity contribution in [3.05, 3.63) is 11.8 Å². The predicted molar refractivity (Wildman–Crippen MR) is 56.3 cm³/mol. The molecule has 14 heavy (non-hydrogen) atoms. The minimum absolute atomic E-state index is 0.252. The van der Waals surface area contributed by atoms with Crippen molar-refractivity contribution in [3.63, 3.8) is 0 Å². The quantitative estimate of drug-likeness (QED) is 0.532. The van der Waals surface area contributed by atoms with Crippen LogP contribution in [0.4, 0.5) is 0 Å². The van der Waals surface area contributed by atoms with E-state index in [2.05, 4.69) is 18.4 Å². The summed E-state index contributed by atoms with van der Waals surface area (Å²) in [5.74, 6) is 8.19. The molecule has 80 valence electrons. The van der Waals surface area contributed by atoms with Gasteiger partial charge in [0.15, 0.2) is 0 Å². The zero-order valence-electron chi connectivity index (χ0n) is 8.83. The van der Waals surface area contributed by atoms with Crippen LogP contribution in [0.3, 0.4) is 0 Å². The lowest BCUT2D eigenvalue weighted by atomic mass is 9.96. The molecule has 3 heteroatoms. The Morgan fingerprint density at radius 1 is 1.57 bits per heavy atom. The first kappa shape index (κ1) is 9.99. The zero-order chi connectivity index (χ0) is 9.97. The van der Waals surface area contributed by atoms with Gasteiger partial charge in [0.05, 0.1) is 12.6 Å². The summed E-state index contributed by atoms with van der Waals surface area (Å²) < 4.78 is 5.57. The molecule has 0 aromatic rings. The Kier molecular flexibility index (Phi) is 3.08. The number of nitrogens with one attached hydrogen (secondary N) is 1. The van der Waals surface area contributed by atoms with Crippen molar-refractivity contribution in [1.29, 1.82) is 0 Å². The molecule has 1 aliphatic heterocycles. The Morgan fingerprint density at radius 3 is 2.93 bits per heavy atom. The van der Waals surface area contributed by atoms with E-state index in [1.54, 1.807) is 0 Å². The fourth-order valence-electron chi connectivity index (χ4n) is 2.66. The Morgan fingerprint density at radius 2 is 2.43 bits per heavy atom. The Labute approximate surface area is 85.7 Å². The van der Waals surface area contributed by atoms with Crippen LogP contribution in [-0.2, 0) is 4.74 Å². The molecule has 1 heterocycles. The lowest BCUT2D eigenvalue weighted by Crippen LogP contribution is -2.41. The van der Waals surface area contributed by atoms with E-state index in [0.29, 0.717) is 5.92 Å². The summed E-state index contributed by atoms with van der Waals surface area (Å²) in [5, 5.41) is 0. The van der Waals surface area contributed by atoms with Gasteiger partial charge in [-0.1, -0.05) is 13.3 Å². The van der Waals surface area contributed by atoms with E-state index >= 15 is 0 Å². The highest BCUT2D eigenvalue weighted by Gasteiger charge is 2.32. The third-order valence-electron chi connectivity index (χ3n) is 3.42. The summed E-state index contributed by atoms with van der Waals surface area (Å²) in [4.78, 5) is 0. The van der Waals surface area contributed by atoms with Crippen molar-refractivity contribution < 1.29 is 4.74 Å². The predicted octanol–water partition coefficient (Wildman–Crippen LogP) is 1.56. The normalized spacial score (nSPS) is 34.0. The molecule has 2 rings (SSSR count). The average Bonchev–Trinajstić information content (AvgIpc) is 2.79. The highest BCUT2D eigenvalue weighted by molar-refractivity contribution is 5.09. The SMILES string of the molecule is CC1CCC(C(NN)C2=CCCO2)C1. The van der Waals surface area contributed by atoms with Gasteiger partial charge in [-0.2, -0.15) is 0 Å². The molecule has 0 aromatic heterocycles. The van der Waals surface area contributed by atoms with E-state index in [-0.39, 0.29) is 6.04 Å². The molecule has 1 saturated carbocycles. The number of hydrogen-bond donors (Lipinski definition) is 2. The number of hydrogen-bond acceptors (Lipinski definition) is 3. The first-order valence-electron chi connectivity index (χ1n) is 5.60. The number of ether oxygens (including phenoxy) is 1. The Balaban J connectivity index is 1.98. The van der Waals surface area contributed by atoms with Crippen LogP contribution in [-0.4, -0.2) is 12.6 Å². The molecule has 0 radical (unpaired) electrons. The smallest absolute Gasteiger partial charge is 0.111 e. The van der Waals surface area contributed by atoms with Crippen molar-refractivity contribution in [2.24, 2.45) is 17.7 Å². The molecule has 1 aliphatic carbocycles. The van der Waals surface area contributed by atoms with Crippen LogP contribution in [0.5, 0.6) is 0 Å². The van der Waals surface area contributed by atoms with Gasteiger partial charge >= 0.3 is 0 Å². The Hall–Kier alpha value is -0.540. The third kappa shape index (κ3) is 1.93. The second kappa shape index (κ2) is 4.32. The molecular formula is C11H20N2O. The summed E-state index contributed by atoms with van der Waals surface area (Å²) in [7, 11) is 0. The molecule has 0 aromatic carbocycles. The molecule has 2 aliphatic rings. The summed E-state index contributed by atoms with van der Waals surface area (Å²) in [6.45, 7) is 3.15. The fourth-order valence-corrected chi connectivity index (χ4v) is 2.66. The van der Waals surface area contributed by atoms with Crippen LogP contribution in [0.2, 0.25) is 0 Å². The van der Waals surface area contributed by atoms with Crippen molar-refractivity contribution in [3.8, 4) is 0 Å². The molecular weight excluding hydrogens is 176 g/mol. The minimum atomic E-state index is 0.252. The molecule has 0 saturated heterocycles. The summed E-state index contributed by atoms with van der Waals surface area (Å²) in [6, 6.07) is 0.252.